The van der Waals surface area contributed by atoms with Crippen LogP contribution in [0.5, 0.6) is 0 Å². The highest BCUT2D eigenvalue weighted by atomic mass is 16.8. The smallest absolute Gasteiger partial charge is 0.267 e. The topological polar surface area (TPSA) is 55.5 Å². The second-order valence-electron chi connectivity index (χ2n) is 2.39. The molecule has 0 heterocycles. The molecule has 0 aliphatic rings. The van der Waals surface area contributed by atoms with Gasteiger partial charge in [-0.25, -0.2) is 0 Å². The van der Waals surface area contributed by atoms with Crippen LogP contribution >= 0.6 is 0 Å². The van der Waals surface area contributed by atoms with Crippen molar-refractivity contribution in [3.05, 3.63) is 0 Å². The second kappa shape index (κ2) is 2.41. The lowest BCUT2D eigenvalue weighted by Crippen LogP contribution is -2.42. The van der Waals surface area contributed by atoms with Gasteiger partial charge in [-0.2, -0.15) is 9.48 Å². The van der Waals surface area contributed by atoms with Gasteiger partial charge in [0.1, 0.15) is 0 Å². The number of hydrogen-bond acceptors (Lipinski definition) is 3. The summed E-state index contributed by atoms with van der Waals surface area (Å²) in [5.41, 5.74) is 4.90. The standard InChI is InChI=1S/C4H13N2O2/c1-6(2,3)8-4(5)7/h4,7H,5H2,1-3H3/q+1. The lowest BCUT2D eigenvalue weighted by Gasteiger charge is -2.21. The summed E-state index contributed by atoms with van der Waals surface area (Å²) in [5, 5.41) is 8.43. The largest absolute Gasteiger partial charge is 0.352 e. The normalized spacial score (nSPS) is 16.1. The summed E-state index contributed by atoms with van der Waals surface area (Å²) < 4.78 is 0.206. The third-order valence-corrected chi connectivity index (χ3v) is 0.424. The Bertz CT molecular complexity index is 66.9. The Morgan fingerprint density at radius 3 is 1.88 bits per heavy atom. The first-order valence-corrected chi connectivity index (χ1v) is 2.35. The Morgan fingerprint density at radius 2 is 1.88 bits per heavy atom. The molecule has 0 radical (unpaired) electrons. The van der Waals surface area contributed by atoms with Crippen LogP contribution in [0.15, 0.2) is 0 Å². The molecule has 4 heteroatoms. The second-order valence-corrected chi connectivity index (χ2v) is 2.39. The van der Waals surface area contributed by atoms with Crippen molar-refractivity contribution in [2.45, 2.75) is 6.41 Å². The van der Waals surface area contributed by atoms with E-state index < -0.39 is 6.41 Å². The van der Waals surface area contributed by atoms with E-state index in [1.807, 2.05) is 0 Å². The van der Waals surface area contributed by atoms with Crippen LogP contribution in [0, 0.1) is 0 Å². The summed E-state index contributed by atoms with van der Waals surface area (Å²) in [4.78, 5) is 4.71. The lowest BCUT2D eigenvalue weighted by molar-refractivity contribution is -1.07. The predicted molar refractivity (Wildman–Crippen MR) is 29.3 cm³/mol. The van der Waals surface area contributed by atoms with Crippen molar-refractivity contribution >= 4 is 0 Å². The third-order valence-electron chi connectivity index (χ3n) is 0.424. The van der Waals surface area contributed by atoms with Gasteiger partial charge in [-0.1, -0.05) is 0 Å². The average molecular weight is 121 g/mol. The summed E-state index contributed by atoms with van der Waals surface area (Å²) >= 11 is 0. The Labute approximate surface area is 49.0 Å². The van der Waals surface area contributed by atoms with Crippen molar-refractivity contribution in [3.8, 4) is 0 Å². The number of hydrogen-bond donors (Lipinski definition) is 2. The van der Waals surface area contributed by atoms with E-state index in [1.165, 1.54) is 0 Å². The zero-order valence-corrected chi connectivity index (χ0v) is 5.46. The van der Waals surface area contributed by atoms with Crippen LogP contribution in [0.25, 0.3) is 0 Å². The maximum absolute atomic E-state index is 8.43. The van der Waals surface area contributed by atoms with Crippen molar-refractivity contribution in [1.29, 1.82) is 0 Å². The molecule has 0 amide bonds. The van der Waals surface area contributed by atoms with E-state index in [2.05, 4.69) is 0 Å². The number of nitrogens with zero attached hydrogens (tertiary/aromatic N) is 1. The average Bonchev–Trinajstić information content (AvgIpc) is 1.21. The number of nitrogens with two attached hydrogens (primary N) is 1. The van der Waals surface area contributed by atoms with Crippen molar-refractivity contribution in [2.75, 3.05) is 21.1 Å². The number of hydroxylamine groups is 3. The van der Waals surface area contributed by atoms with Gasteiger partial charge in [0, 0.05) is 0 Å². The van der Waals surface area contributed by atoms with E-state index in [0.29, 0.717) is 0 Å². The van der Waals surface area contributed by atoms with Crippen LogP contribution in [0.2, 0.25) is 0 Å². The van der Waals surface area contributed by atoms with E-state index in [-0.39, 0.29) is 4.65 Å². The Kier molecular flexibility index (Phi) is 2.36. The summed E-state index contributed by atoms with van der Waals surface area (Å²) in [6, 6.07) is 0. The summed E-state index contributed by atoms with van der Waals surface area (Å²) in [7, 11) is 5.28. The molecular formula is C4H13N2O2+. The molecule has 0 aliphatic heterocycles. The monoisotopic (exact) mass is 121 g/mol. The number of quaternary nitrogens is 1. The zero-order valence-electron chi connectivity index (χ0n) is 5.46. The molecule has 0 saturated carbocycles. The maximum Gasteiger partial charge on any atom is 0.267 e. The molecule has 4 nitrogen and oxygen atoms in total. The van der Waals surface area contributed by atoms with Gasteiger partial charge in [0.25, 0.3) is 6.41 Å². The van der Waals surface area contributed by atoms with Crippen molar-refractivity contribution in [3.63, 3.8) is 0 Å². The quantitative estimate of drug-likeness (QED) is 0.276. The first kappa shape index (κ1) is 7.84. The molecule has 8 heavy (non-hydrogen) atoms. The van der Waals surface area contributed by atoms with E-state index in [0.717, 1.165) is 0 Å². The molecule has 0 fully saturated rings. The summed E-state index contributed by atoms with van der Waals surface area (Å²) in [6.07, 6.45) is -1.19. The SMILES string of the molecule is C[N+](C)(C)OC(N)O. The Morgan fingerprint density at radius 1 is 1.50 bits per heavy atom. The van der Waals surface area contributed by atoms with Gasteiger partial charge >= 0.3 is 0 Å². The lowest BCUT2D eigenvalue weighted by atomic mass is 10.9. The fraction of sp³-hybridized carbons (Fsp3) is 1.00. The zero-order chi connectivity index (χ0) is 6.78. The number of aliphatic hydroxyl groups excluding tert-OH is 1. The Hall–Kier alpha value is -0.160. The van der Waals surface area contributed by atoms with E-state index in [4.69, 9.17) is 15.7 Å². The van der Waals surface area contributed by atoms with Gasteiger partial charge in [0.05, 0.1) is 21.1 Å². The number of aliphatic hydroxyl groups is 1. The van der Waals surface area contributed by atoms with Gasteiger partial charge < -0.3 is 5.11 Å². The fourth-order valence-electron chi connectivity index (χ4n) is 0.324. The van der Waals surface area contributed by atoms with Gasteiger partial charge in [-0.05, 0) is 0 Å². The van der Waals surface area contributed by atoms with E-state index in [1.54, 1.807) is 21.1 Å². The minimum atomic E-state index is -1.19. The van der Waals surface area contributed by atoms with Crippen LogP contribution in [-0.2, 0) is 4.84 Å². The third kappa shape index (κ3) is 5.84. The molecule has 50 valence electrons. The van der Waals surface area contributed by atoms with E-state index >= 15 is 0 Å². The maximum atomic E-state index is 8.43. The van der Waals surface area contributed by atoms with Crippen molar-refractivity contribution in [2.24, 2.45) is 5.73 Å². The van der Waals surface area contributed by atoms with Crippen molar-refractivity contribution < 1.29 is 14.6 Å². The van der Waals surface area contributed by atoms with Crippen LogP contribution in [0.3, 0.4) is 0 Å². The first-order valence-electron chi connectivity index (χ1n) is 2.35. The van der Waals surface area contributed by atoms with Crippen LogP contribution < -0.4 is 5.73 Å². The molecule has 1 unspecified atom stereocenters. The number of rotatable bonds is 2. The molecule has 0 rings (SSSR count). The molecule has 0 spiro atoms. The molecule has 0 bridgehead atoms. The van der Waals surface area contributed by atoms with E-state index in [9.17, 15) is 0 Å². The predicted octanol–water partition coefficient (Wildman–Crippen LogP) is -1.14. The first-order chi connectivity index (χ1) is 3.42. The van der Waals surface area contributed by atoms with Crippen molar-refractivity contribution in [1.82, 2.24) is 0 Å². The minimum absolute atomic E-state index is 0.206. The molecule has 0 aliphatic carbocycles. The highest BCUT2D eigenvalue weighted by Gasteiger charge is 2.11. The van der Waals surface area contributed by atoms with Gasteiger partial charge in [0.15, 0.2) is 0 Å². The minimum Gasteiger partial charge on any atom is -0.352 e. The summed E-state index contributed by atoms with van der Waals surface area (Å²) in [6.45, 7) is 0. The molecule has 0 saturated heterocycles. The molecular weight excluding hydrogens is 108 g/mol. The van der Waals surface area contributed by atoms with Crippen LogP contribution in [0.4, 0.5) is 0 Å². The molecule has 0 aromatic rings. The van der Waals surface area contributed by atoms with Crippen LogP contribution in [0.1, 0.15) is 0 Å². The van der Waals surface area contributed by atoms with Gasteiger partial charge in [0.2, 0.25) is 0 Å². The van der Waals surface area contributed by atoms with Gasteiger partial charge in [-0.3, -0.25) is 5.73 Å². The summed E-state index contributed by atoms with van der Waals surface area (Å²) in [5.74, 6) is 0. The highest BCUT2D eigenvalue weighted by molar-refractivity contribution is 4.05. The Balaban J connectivity index is 3.39. The highest BCUT2D eigenvalue weighted by Crippen LogP contribution is 1.91. The van der Waals surface area contributed by atoms with Gasteiger partial charge in [-0.15, -0.1) is 0 Å². The molecule has 0 aromatic heterocycles. The molecule has 3 N–H and O–H groups in total. The fourth-order valence-corrected chi connectivity index (χ4v) is 0.324. The molecule has 1 atom stereocenters. The van der Waals surface area contributed by atoms with Crippen LogP contribution in [-0.4, -0.2) is 37.3 Å². The molecule has 0 aromatic carbocycles.